The lowest BCUT2D eigenvalue weighted by Gasteiger charge is -2.45. The fraction of sp³-hybridized carbons (Fsp3) is 0.283. The Kier molecular flexibility index (Phi) is 11.2. The minimum absolute atomic E-state index is 0.0213. The van der Waals surface area contributed by atoms with Gasteiger partial charge < -0.3 is 29.9 Å². The number of hydrogen-bond acceptors (Lipinski definition) is 8. The van der Waals surface area contributed by atoms with Gasteiger partial charge in [-0.2, -0.15) is 0 Å². The topological polar surface area (TPSA) is 117 Å². The highest BCUT2D eigenvalue weighted by Gasteiger charge is 2.41. The number of benzene rings is 5. The lowest BCUT2D eigenvalue weighted by Crippen LogP contribution is -2.49. The summed E-state index contributed by atoms with van der Waals surface area (Å²) in [5.74, 6) is -0.257. The fourth-order valence-electron chi connectivity index (χ4n) is 7.80. The first-order valence-electron chi connectivity index (χ1n) is 19.2. The molecule has 0 saturated carbocycles. The molecule has 0 radical (unpaired) electrons. The molecule has 3 heterocycles. The van der Waals surface area contributed by atoms with Crippen molar-refractivity contribution in [1.82, 2.24) is 20.2 Å². The number of fused-ring (bicyclic) bond motifs is 1. The van der Waals surface area contributed by atoms with Gasteiger partial charge in [0.05, 0.1) is 41.6 Å². The van der Waals surface area contributed by atoms with E-state index in [-0.39, 0.29) is 36.3 Å². The van der Waals surface area contributed by atoms with E-state index in [0.29, 0.717) is 36.5 Å². The molecule has 3 N–H and O–H groups in total. The Balaban J connectivity index is 0.986. The summed E-state index contributed by atoms with van der Waals surface area (Å²) in [4.78, 5) is 24.2. The van der Waals surface area contributed by atoms with Crippen LogP contribution in [0.25, 0.3) is 22.2 Å². The predicted molar refractivity (Wildman–Crippen MR) is 217 cm³/mol. The normalized spacial score (nSPS) is 21.1. The molecule has 2 aliphatic rings. The van der Waals surface area contributed by atoms with Crippen molar-refractivity contribution in [3.63, 3.8) is 0 Å². The molecule has 0 aliphatic carbocycles. The summed E-state index contributed by atoms with van der Waals surface area (Å²) >= 11 is 6.12. The van der Waals surface area contributed by atoms with Crippen molar-refractivity contribution in [3.8, 4) is 11.1 Å². The van der Waals surface area contributed by atoms with Crippen LogP contribution in [0, 0.1) is 5.92 Å². The number of nitrogens with one attached hydrogen (secondary N) is 1. The first-order chi connectivity index (χ1) is 27.2. The second kappa shape index (κ2) is 16.6. The molecule has 2 fully saturated rings. The molecule has 10 heteroatoms. The Hall–Kier alpha value is -5.00. The second-order valence-electron chi connectivity index (χ2n) is 14.9. The number of carbonyl (C=O) groups is 1. The third-order valence-corrected chi connectivity index (χ3v) is 11.4. The minimum Gasteiger partial charge on any atom is -0.392 e. The van der Waals surface area contributed by atoms with Crippen molar-refractivity contribution < 1.29 is 24.5 Å². The summed E-state index contributed by atoms with van der Waals surface area (Å²) in [5.41, 5.74) is 7.43. The van der Waals surface area contributed by atoms with E-state index in [1.54, 1.807) is 0 Å². The number of aliphatic hydroxyl groups is 2. The average Bonchev–Trinajstić information content (AvgIpc) is 3.24. The third kappa shape index (κ3) is 8.39. The van der Waals surface area contributed by atoms with Crippen LogP contribution < -0.4 is 5.32 Å². The van der Waals surface area contributed by atoms with Crippen molar-refractivity contribution in [2.24, 2.45) is 5.92 Å². The van der Waals surface area contributed by atoms with Gasteiger partial charge in [0.2, 0.25) is 0 Å². The summed E-state index contributed by atoms with van der Waals surface area (Å²) in [7, 11) is 0. The molecule has 2 aliphatic heterocycles. The first-order valence-corrected chi connectivity index (χ1v) is 19.5. The largest absolute Gasteiger partial charge is 0.392 e. The quantitative estimate of drug-likeness (QED) is 0.128. The summed E-state index contributed by atoms with van der Waals surface area (Å²) in [6, 6.07) is 39.3. The van der Waals surface area contributed by atoms with Crippen LogP contribution >= 0.6 is 11.6 Å². The standard InChI is InChI=1S/C46H45ClN4O5/c1-30-42(28-51-22-20-46(54,21-23-51)37-16-18-38(47)19-17-37)55-45(56-43(30)33-14-12-31(29-52)13-15-33)36-9-5-8-35(25-36)34-7-4-6-32(24-34)26-49-44(53)41-27-48-39-10-2-3-11-40(39)50-41/h2-19,24-25,27,30,42-43,45,52,54H,20-23,26,28-29H2,1H3,(H,49,53)/t30-,42+,43+,45+/m1/s1. The molecular formula is C46H45ClN4O5. The number of rotatable bonds is 10. The van der Waals surface area contributed by atoms with Gasteiger partial charge in [0.1, 0.15) is 5.69 Å². The van der Waals surface area contributed by atoms with E-state index in [0.717, 1.165) is 57.6 Å². The molecule has 0 unspecified atom stereocenters. The molecule has 286 valence electrons. The highest BCUT2D eigenvalue weighted by atomic mass is 35.5. The number of aliphatic hydroxyl groups excluding tert-OH is 1. The van der Waals surface area contributed by atoms with Gasteiger partial charge in [-0.3, -0.25) is 9.78 Å². The van der Waals surface area contributed by atoms with Crippen LogP contribution in [0.2, 0.25) is 5.02 Å². The molecule has 56 heavy (non-hydrogen) atoms. The van der Waals surface area contributed by atoms with Crippen LogP contribution in [0.4, 0.5) is 0 Å². The lowest BCUT2D eigenvalue weighted by atomic mass is 9.84. The number of ether oxygens (including phenoxy) is 2. The van der Waals surface area contributed by atoms with Crippen LogP contribution in [-0.2, 0) is 28.2 Å². The van der Waals surface area contributed by atoms with Crippen molar-refractivity contribution in [2.45, 2.75) is 57.0 Å². The van der Waals surface area contributed by atoms with E-state index in [1.807, 2.05) is 97.1 Å². The maximum Gasteiger partial charge on any atom is 0.271 e. The van der Waals surface area contributed by atoms with Crippen molar-refractivity contribution >= 4 is 28.5 Å². The minimum atomic E-state index is -0.891. The number of aromatic nitrogens is 2. The monoisotopic (exact) mass is 768 g/mol. The van der Waals surface area contributed by atoms with E-state index < -0.39 is 11.9 Å². The molecule has 1 aromatic heterocycles. The van der Waals surface area contributed by atoms with Crippen LogP contribution in [0.1, 0.15) is 70.5 Å². The van der Waals surface area contributed by atoms with Crippen LogP contribution in [-0.4, -0.2) is 56.7 Å². The zero-order valence-electron chi connectivity index (χ0n) is 31.2. The molecule has 2 saturated heterocycles. The number of likely N-dealkylation sites (tertiary alicyclic amines) is 1. The van der Waals surface area contributed by atoms with Gasteiger partial charge in [-0.25, -0.2) is 4.98 Å². The number of carbonyl (C=O) groups excluding carboxylic acids is 1. The number of para-hydroxylation sites is 2. The van der Waals surface area contributed by atoms with Gasteiger partial charge in [-0.1, -0.05) is 103 Å². The van der Waals surface area contributed by atoms with Crippen LogP contribution in [0.15, 0.2) is 128 Å². The summed E-state index contributed by atoms with van der Waals surface area (Å²) in [5, 5.41) is 24.9. The maximum absolute atomic E-state index is 13.0. The molecule has 9 nitrogen and oxygen atoms in total. The maximum atomic E-state index is 13.0. The van der Waals surface area contributed by atoms with Gasteiger partial charge in [0, 0.05) is 42.7 Å². The predicted octanol–water partition coefficient (Wildman–Crippen LogP) is 8.15. The highest BCUT2D eigenvalue weighted by molar-refractivity contribution is 6.30. The summed E-state index contributed by atoms with van der Waals surface area (Å²) in [6.45, 7) is 4.64. The Morgan fingerprint density at radius 3 is 2.30 bits per heavy atom. The molecule has 0 bridgehead atoms. The SMILES string of the molecule is C[C@@H]1[C@H](CN2CCC(O)(c3ccc(Cl)cc3)CC2)O[C@H](c2cccc(-c3cccc(CNC(=O)c4cnc5ccccc5n4)c3)c2)O[C@@H]1c1ccc(CO)cc1. The number of halogens is 1. The van der Waals surface area contributed by atoms with Crippen LogP contribution in [0.3, 0.4) is 0 Å². The number of hydrogen-bond donors (Lipinski definition) is 3. The Bertz CT molecular complexity index is 2290. The zero-order chi connectivity index (χ0) is 38.6. The molecule has 6 aromatic rings. The summed E-state index contributed by atoms with van der Waals surface area (Å²) in [6.07, 6.45) is 1.71. The smallest absolute Gasteiger partial charge is 0.271 e. The van der Waals surface area contributed by atoms with E-state index in [9.17, 15) is 15.0 Å². The van der Waals surface area contributed by atoms with Gasteiger partial charge in [0.25, 0.3) is 5.91 Å². The van der Waals surface area contributed by atoms with Gasteiger partial charge >= 0.3 is 0 Å². The Labute approximate surface area is 331 Å². The third-order valence-electron chi connectivity index (χ3n) is 11.2. The molecule has 5 aromatic carbocycles. The molecule has 4 atom stereocenters. The highest BCUT2D eigenvalue weighted by Crippen LogP contribution is 2.43. The van der Waals surface area contributed by atoms with Crippen molar-refractivity contribution in [1.29, 1.82) is 0 Å². The summed E-state index contributed by atoms with van der Waals surface area (Å²) < 4.78 is 13.6. The number of piperidine rings is 1. The average molecular weight is 769 g/mol. The fourth-order valence-corrected chi connectivity index (χ4v) is 7.93. The van der Waals surface area contributed by atoms with Gasteiger partial charge in [-0.15, -0.1) is 0 Å². The molecular weight excluding hydrogens is 724 g/mol. The van der Waals surface area contributed by atoms with Gasteiger partial charge in [0.15, 0.2) is 6.29 Å². The molecule has 1 amide bonds. The van der Waals surface area contributed by atoms with Crippen LogP contribution in [0.5, 0.6) is 0 Å². The Morgan fingerprint density at radius 1 is 0.839 bits per heavy atom. The Morgan fingerprint density at radius 2 is 1.55 bits per heavy atom. The van der Waals surface area contributed by atoms with E-state index in [2.05, 4.69) is 51.4 Å². The van der Waals surface area contributed by atoms with E-state index in [4.69, 9.17) is 21.1 Å². The van der Waals surface area contributed by atoms with Gasteiger partial charge in [-0.05, 0) is 82.6 Å². The lowest BCUT2D eigenvalue weighted by molar-refractivity contribution is -0.277. The zero-order valence-corrected chi connectivity index (χ0v) is 32.0. The van der Waals surface area contributed by atoms with E-state index in [1.165, 1.54) is 6.20 Å². The molecule has 0 spiro atoms. The molecule has 8 rings (SSSR count). The van der Waals surface area contributed by atoms with E-state index >= 15 is 0 Å². The first kappa shape index (κ1) is 37.9. The number of amides is 1. The second-order valence-corrected chi connectivity index (χ2v) is 15.3. The number of nitrogens with zero attached hydrogens (tertiary/aromatic N) is 3. The van der Waals surface area contributed by atoms with Crippen molar-refractivity contribution in [2.75, 3.05) is 19.6 Å². The van der Waals surface area contributed by atoms with Crippen molar-refractivity contribution in [3.05, 3.63) is 166 Å².